The van der Waals surface area contributed by atoms with Crippen LogP contribution in [0.2, 0.25) is 0 Å². The van der Waals surface area contributed by atoms with Crippen LogP contribution in [0.3, 0.4) is 0 Å². The number of alkyl halides is 1. The first kappa shape index (κ1) is 11.5. The molecule has 0 aliphatic heterocycles. The smallest absolute Gasteiger partial charge is 0.307 e. The van der Waals surface area contributed by atoms with Crippen molar-refractivity contribution in [3.05, 3.63) is 29.3 Å². The van der Waals surface area contributed by atoms with E-state index in [4.69, 9.17) is 5.11 Å². The molecular weight excluding hydrogens is 199 g/mol. The molecule has 0 aliphatic carbocycles. The minimum absolute atomic E-state index is 0.120. The Morgan fingerprint density at radius 1 is 1.47 bits per heavy atom. The lowest BCUT2D eigenvalue weighted by Crippen LogP contribution is -2.10. The number of halogens is 1. The molecule has 0 atom stereocenters. The molecule has 15 heavy (non-hydrogen) atoms. The minimum atomic E-state index is -1.54. The Labute approximate surface area is 87.2 Å². The molecular formula is C11H13FO3. The van der Waals surface area contributed by atoms with E-state index in [1.165, 1.54) is 32.0 Å². The lowest BCUT2D eigenvalue weighted by Gasteiger charge is -2.16. The predicted molar refractivity (Wildman–Crippen MR) is 53.6 cm³/mol. The summed E-state index contributed by atoms with van der Waals surface area (Å²) < 4.78 is 13.5. The number of aromatic hydroxyl groups is 1. The van der Waals surface area contributed by atoms with Crippen LogP contribution >= 0.6 is 0 Å². The number of phenolic OH excluding ortho intramolecular Hbond substituents is 1. The molecule has 0 radical (unpaired) electrons. The van der Waals surface area contributed by atoms with Crippen molar-refractivity contribution in [2.75, 3.05) is 0 Å². The maximum absolute atomic E-state index is 13.5. The number of rotatable bonds is 3. The van der Waals surface area contributed by atoms with Crippen molar-refractivity contribution in [1.29, 1.82) is 0 Å². The van der Waals surface area contributed by atoms with E-state index >= 15 is 0 Å². The van der Waals surface area contributed by atoms with Gasteiger partial charge in [-0.2, -0.15) is 0 Å². The molecule has 1 rings (SSSR count). The van der Waals surface area contributed by atoms with Gasteiger partial charge in [0.05, 0.1) is 6.42 Å². The fraction of sp³-hybridized carbons (Fsp3) is 0.364. The Bertz CT molecular complexity index is 380. The molecule has 0 bridgehead atoms. The van der Waals surface area contributed by atoms with Crippen LogP contribution in [0.15, 0.2) is 18.2 Å². The molecule has 2 N–H and O–H groups in total. The topological polar surface area (TPSA) is 57.5 Å². The molecule has 82 valence electrons. The molecule has 0 aliphatic rings. The molecule has 0 saturated heterocycles. The van der Waals surface area contributed by atoms with Gasteiger partial charge in [-0.05, 0) is 31.5 Å². The van der Waals surface area contributed by atoms with E-state index in [9.17, 15) is 14.3 Å². The summed E-state index contributed by atoms with van der Waals surface area (Å²) in [6, 6.07) is 4.14. The zero-order valence-corrected chi connectivity index (χ0v) is 8.62. The Morgan fingerprint density at radius 3 is 2.53 bits per heavy atom. The number of aliphatic carboxylic acids is 1. The van der Waals surface area contributed by atoms with Gasteiger partial charge in [-0.3, -0.25) is 4.79 Å². The third-order valence-corrected chi connectivity index (χ3v) is 2.11. The zero-order valence-electron chi connectivity index (χ0n) is 8.62. The first-order valence-corrected chi connectivity index (χ1v) is 4.54. The van der Waals surface area contributed by atoms with Gasteiger partial charge in [0.25, 0.3) is 0 Å². The van der Waals surface area contributed by atoms with E-state index < -0.39 is 11.6 Å². The summed E-state index contributed by atoms with van der Waals surface area (Å²) in [4.78, 5) is 10.5. The van der Waals surface area contributed by atoms with Gasteiger partial charge < -0.3 is 10.2 Å². The van der Waals surface area contributed by atoms with Crippen LogP contribution in [0.4, 0.5) is 4.39 Å². The maximum atomic E-state index is 13.5. The number of carbonyl (C=O) groups is 1. The van der Waals surface area contributed by atoms with Crippen molar-refractivity contribution in [1.82, 2.24) is 0 Å². The van der Waals surface area contributed by atoms with Gasteiger partial charge in [0, 0.05) is 5.56 Å². The third kappa shape index (κ3) is 2.94. The molecule has 3 nitrogen and oxygen atoms in total. The van der Waals surface area contributed by atoms with Gasteiger partial charge >= 0.3 is 5.97 Å². The van der Waals surface area contributed by atoms with Crippen molar-refractivity contribution in [3.63, 3.8) is 0 Å². The lowest BCUT2D eigenvalue weighted by molar-refractivity contribution is -0.136. The summed E-state index contributed by atoms with van der Waals surface area (Å²) >= 11 is 0. The van der Waals surface area contributed by atoms with Gasteiger partial charge in [0.1, 0.15) is 11.4 Å². The first-order valence-electron chi connectivity index (χ1n) is 4.54. The monoisotopic (exact) mass is 212 g/mol. The van der Waals surface area contributed by atoms with Gasteiger partial charge in [0.2, 0.25) is 0 Å². The number of hydrogen-bond donors (Lipinski definition) is 2. The van der Waals surface area contributed by atoms with Crippen LogP contribution in [-0.2, 0) is 16.9 Å². The SMILES string of the molecule is CC(C)(F)c1ccc(O)c(CC(=O)O)c1. The van der Waals surface area contributed by atoms with E-state index in [-0.39, 0.29) is 17.7 Å². The Balaban J connectivity index is 3.11. The van der Waals surface area contributed by atoms with Crippen LogP contribution in [-0.4, -0.2) is 16.2 Å². The van der Waals surface area contributed by atoms with Crippen molar-refractivity contribution in [3.8, 4) is 5.75 Å². The third-order valence-electron chi connectivity index (χ3n) is 2.11. The van der Waals surface area contributed by atoms with E-state index in [2.05, 4.69) is 0 Å². The maximum Gasteiger partial charge on any atom is 0.307 e. The van der Waals surface area contributed by atoms with Crippen LogP contribution in [0.5, 0.6) is 5.75 Å². The highest BCUT2D eigenvalue weighted by Gasteiger charge is 2.20. The Kier molecular flexibility index (Phi) is 2.98. The second-order valence-corrected chi connectivity index (χ2v) is 3.89. The second kappa shape index (κ2) is 3.88. The van der Waals surface area contributed by atoms with Crippen LogP contribution in [0.1, 0.15) is 25.0 Å². The van der Waals surface area contributed by atoms with Gasteiger partial charge in [0.15, 0.2) is 0 Å². The standard InChI is InChI=1S/C11H13FO3/c1-11(2,12)8-3-4-9(13)7(5-8)6-10(14)15/h3-5,13H,6H2,1-2H3,(H,14,15). The van der Waals surface area contributed by atoms with Gasteiger partial charge in [-0.25, -0.2) is 4.39 Å². The summed E-state index contributed by atoms with van der Waals surface area (Å²) in [7, 11) is 0. The normalized spacial score (nSPS) is 11.4. The molecule has 4 heteroatoms. The number of carboxylic acids is 1. The van der Waals surface area contributed by atoms with E-state index in [1.54, 1.807) is 0 Å². The predicted octanol–water partition coefficient (Wildman–Crippen LogP) is 2.22. The average Bonchev–Trinajstić information content (AvgIpc) is 2.06. The van der Waals surface area contributed by atoms with Crippen LogP contribution in [0, 0.1) is 0 Å². The Morgan fingerprint density at radius 2 is 2.07 bits per heavy atom. The largest absolute Gasteiger partial charge is 0.508 e. The first-order chi connectivity index (χ1) is 6.80. The molecule has 0 aromatic heterocycles. The van der Waals surface area contributed by atoms with E-state index in [0.717, 1.165) is 0 Å². The highest BCUT2D eigenvalue weighted by atomic mass is 19.1. The van der Waals surface area contributed by atoms with Gasteiger partial charge in [-0.1, -0.05) is 6.07 Å². The summed E-state index contributed by atoms with van der Waals surface area (Å²) in [5, 5.41) is 17.9. The molecule has 1 aromatic carbocycles. The summed E-state index contributed by atoms with van der Waals surface area (Å²) in [6.07, 6.45) is -0.310. The molecule has 0 amide bonds. The fourth-order valence-electron chi connectivity index (χ4n) is 1.26. The zero-order chi connectivity index (χ0) is 11.6. The van der Waals surface area contributed by atoms with Crippen molar-refractivity contribution >= 4 is 5.97 Å². The minimum Gasteiger partial charge on any atom is -0.508 e. The fourth-order valence-corrected chi connectivity index (χ4v) is 1.26. The molecule has 0 unspecified atom stereocenters. The van der Waals surface area contributed by atoms with Gasteiger partial charge in [-0.15, -0.1) is 0 Å². The van der Waals surface area contributed by atoms with Crippen LogP contribution in [0.25, 0.3) is 0 Å². The summed E-state index contributed by atoms with van der Waals surface area (Å²) in [5.74, 6) is -1.18. The Hall–Kier alpha value is -1.58. The van der Waals surface area contributed by atoms with Crippen LogP contribution < -0.4 is 0 Å². The van der Waals surface area contributed by atoms with E-state index in [0.29, 0.717) is 5.56 Å². The highest BCUT2D eigenvalue weighted by molar-refractivity contribution is 5.71. The molecule has 0 heterocycles. The summed E-state index contributed by atoms with van der Waals surface area (Å²) in [6.45, 7) is 2.76. The number of carboxylic acid groups (broad SMARTS) is 1. The van der Waals surface area contributed by atoms with Crippen molar-refractivity contribution in [2.24, 2.45) is 0 Å². The van der Waals surface area contributed by atoms with Crippen molar-refractivity contribution in [2.45, 2.75) is 25.9 Å². The summed E-state index contributed by atoms with van der Waals surface area (Å²) in [5.41, 5.74) is -0.955. The average molecular weight is 212 g/mol. The molecule has 0 spiro atoms. The van der Waals surface area contributed by atoms with Crippen molar-refractivity contribution < 1.29 is 19.4 Å². The lowest BCUT2D eigenvalue weighted by atomic mass is 9.96. The molecule has 0 fully saturated rings. The molecule has 0 saturated carbocycles. The molecule has 1 aromatic rings. The van der Waals surface area contributed by atoms with E-state index in [1.807, 2.05) is 0 Å². The number of benzene rings is 1. The number of phenols is 1. The highest BCUT2D eigenvalue weighted by Crippen LogP contribution is 2.28. The quantitative estimate of drug-likeness (QED) is 0.807. The number of hydrogen-bond acceptors (Lipinski definition) is 2. The second-order valence-electron chi connectivity index (χ2n) is 3.89.